The Morgan fingerprint density at radius 1 is 1.35 bits per heavy atom. The number of hydrogen-bond acceptors (Lipinski definition) is 2. The third kappa shape index (κ3) is 2.75. The first kappa shape index (κ1) is 12.3. The molecule has 2 heteroatoms. The second-order valence-electron chi connectivity index (χ2n) is 5.32. The quantitative estimate of drug-likeness (QED) is 0.864. The summed E-state index contributed by atoms with van der Waals surface area (Å²) in [7, 11) is 0. The fourth-order valence-electron chi connectivity index (χ4n) is 2.55. The van der Waals surface area contributed by atoms with Crippen molar-refractivity contribution in [1.82, 2.24) is 5.32 Å². The van der Waals surface area contributed by atoms with Gasteiger partial charge >= 0.3 is 0 Å². The average molecular weight is 231 g/mol. The SMILES string of the molecule is Cc1ccc(C)c(CC(=O)C2CNCC2C)c1. The van der Waals surface area contributed by atoms with Crippen molar-refractivity contribution >= 4 is 5.78 Å². The van der Waals surface area contributed by atoms with Crippen LogP contribution in [-0.2, 0) is 11.2 Å². The van der Waals surface area contributed by atoms with Crippen LogP contribution in [0.25, 0.3) is 0 Å². The standard InChI is InChI=1S/C15H21NO/c1-10-4-5-11(2)13(6-10)7-15(17)14-9-16-8-12(14)3/h4-6,12,14,16H,7-9H2,1-3H3. The molecule has 0 amide bonds. The molecule has 0 aliphatic carbocycles. The first-order chi connectivity index (χ1) is 8.08. The third-order valence-electron chi connectivity index (χ3n) is 3.80. The molecule has 0 spiro atoms. The highest BCUT2D eigenvalue weighted by Crippen LogP contribution is 2.20. The van der Waals surface area contributed by atoms with Crippen molar-refractivity contribution in [3.05, 3.63) is 34.9 Å². The summed E-state index contributed by atoms with van der Waals surface area (Å²) >= 11 is 0. The van der Waals surface area contributed by atoms with Gasteiger partial charge in [0.2, 0.25) is 0 Å². The Morgan fingerprint density at radius 3 is 2.76 bits per heavy atom. The molecule has 0 aromatic heterocycles. The summed E-state index contributed by atoms with van der Waals surface area (Å²) in [5.41, 5.74) is 3.65. The minimum Gasteiger partial charge on any atom is -0.316 e. The topological polar surface area (TPSA) is 29.1 Å². The number of carbonyl (C=O) groups is 1. The van der Waals surface area contributed by atoms with E-state index in [1.807, 2.05) is 0 Å². The zero-order valence-corrected chi connectivity index (χ0v) is 10.9. The number of ketones is 1. The Balaban J connectivity index is 2.10. The van der Waals surface area contributed by atoms with Gasteiger partial charge < -0.3 is 5.32 Å². The van der Waals surface area contributed by atoms with Gasteiger partial charge in [-0.1, -0.05) is 30.7 Å². The smallest absolute Gasteiger partial charge is 0.141 e. The van der Waals surface area contributed by atoms with E-state index in [9.17, 15) is 4.79 Å². The highest BCUT2D eigenvalue weighted by molar-refractivity contribution is 5.84. The van der Waals surface area contributed by atoms with Crippen LogP contribution in [0, 0.1) is 25.7 Å². The molecule has 0 radical (unpaired) electrons. The van der Waals surface area contributed by atoms with Gasteiger partial charge in [-0.2, -0.15) is 0 Å². The lowest BCUT2D eigenvalue weighted by Crippen LogP contribution is -2.23. The van der Waals surface area contributed by atoms with Crippen LogP contribution in [0.2, 0.25) is 0 Å². The summed E-state index contributed by atoms with van der Waals surface area (Å²) in [6, 6.07) is 6.34. The van der Waals surface area contributed by atoms with Crippen LogP contribution in [-0.4, -0.2) is 18.9 Å². The molecular weight excluding hydrogens is 210 g/mol. The zero-order valence-electron chi connectivity index (χ0n) is 10.9. The number of aryl methyl sites for hydroxylation is 2. The minimum absolute atomic E-state index is 0.204. The van der Waals surface area contributed by atoms with Crippen LogP contribution in [0.1, 0.15) is 23.6 Å². The Bertz CT molecular complexity index is 425. The van der Waals surface area contributed by atoms with Crippen molar-refractivity contribution in [3.8, 4) is 0 Å². The molecule has 2 rings (SSSR count). The largest absolute Gasteiger partial charge is 0.316 e. The molecular formula is C15H21NO. The van der Waals surface area contributed by atoms with Gasteiger partial charge in [0.15, 0.2) is 0 Å². The molecule has 92 valence electrons. The van der Waals surface area contributed by atoms with Gasteiger partial charge in [0.25, 0.3) is 0 Å². The van der Waals surface area contributed by atoms with Gasteiger partial charge in [0.1, 0.15) is 5.78 Å². The Kier molecular flexibility index (Phi) is 3.63. The van der Waals surface area contributed by atoms with E-state index in [-0.39, 0.29) is 5.92 Å². The summed E-state index contributed by atoms with van der Waals surface area (Å²) in [4.78, 5) is 12.2. The van der Waals surface area contributed by atoms with Crippen LogP contribution < -0.4 is 5.32 Å². The van der Waals surface area contributed by atoms with Crippen LogP contribution >= 0.6 is 0 Å². The number of hydrogen-bond donors (Lipinski definition) is 1. The van der Waals surface area contributed by atoms with Gasteiger partial charge in [-0.05, 0) is 37.4 Å². The first-order valence-electron chi connectivity index (χ1n) is 6.37. The Morgan fingerprint density at radius 2 is 2.12 bits per heavy atom. The van der Waals surface area contributed by atoms with Gasteiger partial charge in [0.05, 0.1) is 0 Å². The van der Waals surface area contributed by atoms with E-state index in [1.165, 1.54) is 16.7 Å². The highest BCUT2D eigenvalue weighted by Gasteiger charge is 2.29. The molecule has 1 aliphatic heterocycles. The summed E-state index contributed by atoms with van der Waals surface area (Å²) in [6.45, 7) is 8.14. The van der Waals surface area contributed by atoms with Crippen molar-refractivity contribution in [2.75, 3.05) is 13.1 Å². The summed E-state index contributed by atoms with van der Waals surface area (Å²) in [5, 5.41) is 3.29. The lowest BCUT2D eigenvalue weighted by atomic mass is 9.89. The number of rotatable bonds is 3. The van der Waals surface area contributed by atoms with Crippen molar-refractivity contribution in [2.45, 2.75) is 27.2 Å². The molecule has 1 heterocycles. The van der Waals surface area contributed by atoms with Crippen molar-refractivity contribution in [3.63, 3.8) is 0 Å². The number of nitrogens with one attached hydrogen (secondary N) is 1. The van der Waals surface area contributed by atoms with Crippen LogP contribution in [0.5, 0.6) is 0 Å². The molecule has 2 nitrogen and oxygen atoms in total. The molecule has 1 N–H and O–H groups in total. The van der Waals surface area contributed by atoms with Crippen LogP contribution in [0.4, 0.5) is 0 Å². The monoisotopic (exact) mass is 231 g/mol. The second-order valence-corrected chi connectivity index (χ2v) is 5.32. The summed E-state index contributed by atoms with van der Waals surface area (Å²) in [5.74, 6) is 1.07. The Labute approximate surface area is 103 Å². The molecule has 0 saturated carbocycles. The molecule has 2 unspecified atom stereocenters. The normalized spacial score (nSPS) is 23.9. The fraction of sp³-hybridized carbons (Fsp3) is 0.533. The van der Waals surface area contributed by atoms with Crippen LogP contribution in [0.3, 0.4) is 0 Å². The van der Waals surface area contributed by atoms with E-state index in [0.717, 1.165) is 13.1 Å². The highest BCUT2D eigenvalue weighted by atomic mass is 16.1. The average Bonchev–Trinajstić information content (AvgIpc) is 2.70. The predicted molar refractivity (Wildman–Crippen MR) is 70.2 cm³/mol. The van der Waals surface area contributed by atoms with E-state index in [4.69, 9.17) is 0 Å². The summed E-state index contributed by atoms with van der Waals surface area (Å²) < 4.78 is 0. The molecule has 17 heavy (non-hydrogen) atoms. The van der Waals surface area contributed by atoms with Gasteiger partial charge in [-0.3, -0.25) is 4.79 Å². The molecule has 1 aromatic carbocycles. The number of carbonyl (C=O) groups excluding carboxylic acids is 1. The fourth-order valence-corrected chi connectivity index (χ4v) is 2.55. The maximum absolute atomic E-state index is 12.2. The second kappa shape index (κ2) is 5.01. The van der Waals surface area contributed by atoms with E-state index < -0.39 is 0 Å². The summed E-state index contributed by atoms with van der Waals surface area (Å²) in [6.07, 6.45) is 0.587. The molecule has 1 aliphatic rings. The number of Topliss-reactive ketones (excluding diaryl/α,β-unsaturated/α-hetero) is 1. The Hall–Kier alpha value is -1.15. The third-order valence-corrected chi connectivity index (χ3v) is 3.80. The van der Waals surface area contributed by atoms with E-state index >= 15 is 0 Å². The molecule has 2 atom stereocenters. The maximum Gasteiger partial charge on any atom is 0.141 e. The molecule has 1 aromatic rings. The van der Waals surface area contributed by atoms with Gasteiger partial charge in [-0.25, -0.2) is 0 Å². The number of benzene rings is 1. The van der Waals surface area contributed by atoms with Gasteiger partial charge in [-0.15, -0.1) is 0 Å². The molecule has 0 bridgehead atoms. The molecule has 1 saturated heterocycles. The predicted octanol–water partition coefficient (Wildman–Crippen LogP) is 2.27. The molecule has 1 fully saturated rings. The van der Waals surface area contributed by atoms with E-state index in [2.05, 4.69) is 44.3 Å². The lowest BCUT2D eigenvalue weighted by Gasteiger charge is -2.14. The minimum atomic E-state index is 0.204. The van der Waals surface area contributed by atoms with Crippen LogP contribution in [0.15, 0.2) is 18.2 Å². The lowest BCUT2D eigenvalue weighted by molar-refractivity contribution is -0.122. The maximum atomic E-state index is 12.2. The van der Waals surface area contributed by atoms with Crippen molar-refractivity contribution in [1.29, 1.82) is 0 Å². The van der Waals surface area contributed by atoms with Crippen molar-refractivity contribution in [2.24, 2.45) is 11.8 Å². The van der Waals surface area contributed by atoms with Gasteiger partial charge in [0, 0.05) is 18.9 Å². The van der Waals surface area contributed by atoms with E-state index in [0.29, 0.717) is 18.1 Å². The zero-order chi connectivity index (χ0) is 12.4. The van der Waals surface area contributed by atoms with E-state index in [1.54, 1.807) is 0 Å². The van der Waals surface area contributed by atoms with Crippen molar-refractivity contribution < 1.29 is 4.79 Å². The first-order valence-corrected chi connectivity index (χ1v) is 6.37.